The van der Waals surface area contributed by atoms with E-state index in [1.54, 1.807) is 19.9 Å². The van der Waals surface area contributed by atoms with Gasteiger partial charge in [0.25, 0.3) is 0 Å². The number of hydrogen-bond donors (Lipinski definition) is 0. The third kappa shape index (κ3) is 3.52. The molecule has 0 saturated carbocycles. The number of halogens is 2. The first-order valence-electron chi connectivity index (χ1n) is 5.32. The normalized spacial score (nSPS) is 13.6. The van der Waals surface area contributed by atoms with Crippen LogP contribution < -0.4 is 0 Å². The van der Waals surface area contributed by atoms with E-state index >= 15 is 0 Å². The highest BCUT2D eigenvalue weighted by Gasteiger charge is 2.36. The molecule has 1 atom stereocenters. The molecular formula is C11H15ClFO3P. The number of rotatable bonds is 6. The van der Waals surface area contributed by atoms with E-state index in [4.69, 9.17) is 20.6 Å². The fourth-order valence-corrected chi connectivity index (χ4v) is 3.49. The van der Waals surface area contributed by atoms with Gasteiger partial charge in [-0.15, -0.1) is 11.6 Å². The minimum absolute atomic E-state index is 0.124. The molecule has 0 radical (unpaired) electrons. The molecule has 0 amide bonds. The molecule has 0 N–H and O–H groups in total. The summed E-state index contributed by atoms with van der Waals surface area (Å²) in [4.78, 5) is 0. The zero-order valence-electron chi connectivity index (χ0n) is 9.73. The maximum atomic E-state index is 13.5. The van der Waals surface area contributed by atoms with E-state index in [0.717, 1.165) is 0 Å². The topological polar surface area (TPSA) is 35.5 Å². The van der Waals surface area contributed by atoms with Gasteiger partial charge in [-0.1, -0.05) is 18.2 Å². The summed E-state index contributed by atoms with van der Waals surface area (Å²) < 4.78 is 36.0. The van der Waals surface area contributed by atoms with Crippen molar-refractivity contribution in [3.8, 4) is 0 Å². The lowest BCUT2D eigenvalue weighted by Crippen LogP contribution is -2.03. The number of hydrogen-bond acceptors (Lipinski definition) is 3. The van der Waals surface area contributed by atoms with Crippen molar-refractivity contribution in [2.24, 2.45) is 0 Å². The fraction of sp³-hybridized carbons (Fsp3) is 0.455. The van der Waals surface area contributed by atoms with Crippen LogP contribution in [0.15, 0.2) is 24.3 Å². The van der Waals surface area contributed by atoms with Crippen molar-refractivity contribution in [3.05, 3.63) is 35.6 Å². The molecule has 1 unspecified atom stereocenters. The summed E-state index contributed by atoms with van der Waals surface area (Å²) in [6.07, 6.45) is 0. The highest BCUT2D eigenvalue weighted by atomic mass is 35.5. The molecule has 17 heavy (non-hydrogen) atoms. The van der Waals surface area contributed by atoms with Crippen LogP contribution in [0.2, 0.25) is 0 Å². The van der Waals surface area contributed by atoms with Crippen LogP contribution in [-0.2, 0) is 13.6 Å². The van der Waals surface area contributed by atoms with E-state index in [1.165, 1.54) is 18.2 Å². The predicted molar refractivity (Wildman–Crippen MR) is 65.9 cm³/mol. The minimum atomic E-state index is -3.53. The Morgan fingerprint density at radius 3 is 2.29 bits per heavy atom. The molecule has 1 aromatic rings. The van der Waals surface area contributed by atoms with Gasteiger partial charge in [0, 0.05) is 5.56 Å². The van der Waals surface area contributed by atoms with Crippen LogP contribution in [0.1, 0.15) is 24.5 Å². The van der Waals surface area contributed by atoms with Gasteiger partial charge in [-0.3, -0.25) is 4.57 Å². The molecule has 0 aliphatic rings. The molecule has 0 aliphatic carbocycles. The summed E-state index contributed by atoms with van der Waals surface area (Å²) in [7, 11) is -3.53. The second-order valence-electron chi connectivity index (χ2n) is 3.23. The summed E-state index contributed by atoms with van der Waals surface area (Å²) in [5.41, 5.74) is 0.124. The van der Waals surface area contributed by atoms with Crippen molar-refractivity contribution >= 4 is 19.2 Å². The maximum Gasteiger partial charge on any atom is 0.352 e. The molecule has 3 nitrogen and oxygen atoms in total. The standard InChI is InChI=1S/C11H15ClFO3P/c1-3-15-17(14,16-4-2)11(12)9-7-5-6-8-10(9)13/h5-8,11H,3-4H2,1-2H3. The first-order valence-corrected chi connectivity index (χ1v) is 7.37. The average molecular weight is 281 g/mol. The SMILES string of the molecule is CCOP(=O)(OCC)C(Cl)c1ccccc1F. The molecule has 0 aliphatic heterocycles. The van der Waals surface area contributed by atoms with Crippen molar-refractivity contribution in [3.63, 3.8) is 0 Å². The summed E-state index contributed by atoms with van der Waals surface area (Å²) >= 11 is 6.02. The number of benzene rings is 1. The van der Waals surface area contributed by atoms with Gasteiger partial charge < -0.3 is 9.05 Å². The largest absolute Gasteiger partial charge is 0.352 e. The lowest BCUT2D eigenvalue weighted by atomic mass is 10.2. The second-order valence-corrected chi connectivity index (χ2v) is 6.09. The molecule has 0 spiro atoms. The van der Waals surface area contributed by atoms with Crippen molar-refractivity contribution in [1.29, 1.82) is 0 Å². The van der Waals surface area contributed by atoms with E-state index in [1.807, 2.05) is 0 Å². The molecule has 0 aromatic heterocycles. The van der Waals surface area contributed by atoms with Gasteiger partial charge in [0.1, 0.15) is 5.82 Å². The van der Waals surface area contributed by atoms with E-state index in [2.05, 4.69) is 0 Å². The molecule has 0 fully saturated rings. The molecule has 96 valence electrons. The van der Waals surface area contributed by atoms with Gasteiger partial charge in [-0.25, -0.2) is 4.39 Å². The van der Waals surface area contributed by atoms with Gasteiger partial charge in [0.2, 0.25) is 0 Å². The maximum absolute atomic E-state index is 13.5. The first kappa shape index (κ1) is 14.7. The molecule has 0 heterocycles. The molecule has 1 aromatic carbocycles. The quantitative estimate of drug-likeness (QED) is 0.575. The summed E-state index contributed by atoms with van der Waals surface area (Å²) in [5.74, 6) is -0.521. The van der Waals surface area contributed by atoms with Gasteiger partial charge in [0.15, 0.2) is 5.12 Å². The van der Waals surface area contributed by atoms with E-state index < -0.39 is 18.5 Å². The lowest BCUT2D eigenvalue weighted by molar-refractivity contribution is 0.217. The molecule has 1 rings (SSSR count). The Morgan fingerprint density at radius 1 is 1.29 bits per heavy atom. The Morgan fingerprint density at radius 2 is 1.82 bits per heavy atom. The Labute approximate surface area is 105 Å². The second kappa shape index (κ2) is 6.50. The van der Waals surface area contributed by atoms with E-state index in [9.17, 15) is 8.96 Å². The Kier molecular flexibility index (Phi) is 5.60. The predicted octanol–water partition coefficient (Wildman–Crippen LogP) is 4.33. The van der Waals surface area contributed by atoms with Gasteiger partial charge in [-0.05, 0) is 19.9 Å². The van der Waals surface area contributed by atoms with Gasteiger partial charge >= 0.3 is 7.60 Å². The summed E-state index contributed by atoms with van der Waals surface area (Å²) in [6, 6.07) is 5.88. The third-order valence-corrected chi connectivity index (χ3v) is 5.08. The van der Waals surface area contributed by atoms with Crippen molar-refractivity contribution in [2.75, 3.05) is 13.2 Å². The van der Waals surface area contributed by atoms with Crippen LogP contribution in [0.5, 0.6) is 0 Å². The Balaban J connectivity index is 3.04. The van der Waals surface area contributed by atoms with Crippen molar-refractivity contribution in [1.82, 2.24) is 0 Å². The van der Waals surface area contributed by atoms with Crippen LogP contribution >= 0.6 is 19.2 Å². The zero-order valence-corrected chi connectivity index (χ0v) is 11.4. The molecule has 0 saturated heterocycles. The fourth-order valence-electron chi connectivity index (χ4n) is 1.37. The third-order valence-electron chi connectivity index (χ3n) is 2.06. The van der Waals surface area contributed by atoms with Crippen LogP contribution in [0.25, 0.3) is 0 Å². The van der Waals surface area contributed by atoms with Crippen LogP contribution in [0.3, 0.4) is 0 Å². The summed E-state index contributed by atoms with van der Waals surface area (Å²) in [6.45, 7) is 3.73. The van der Waals surface area contributed by atoms with Crippen LogP contribution in [0.4, 0.5) is 4.39 Å². The summed E-state index contributed by atoms with van der Waals surface area (Å²) in [5, 5.41) is -1.14. The number of alkyl halides is 1. The van der Waals surface area contributed by atoms with Crippen molar-refractivity contribution < 1.29 is 18.0 Å². The van der Waals surface area contributed by atoms with E-state index in [0.29, 0.717) is 0 Å². The molecule has 6 heteroatoms. The Bertz CT molecular complexity index is 403. The Hall–Kier alpha value is -0.410. The van der Waals surface area contributed by atoms with Crippen molar-refractivity contribution in [2.45, 2.75) is 19.0 Å². The molecular weight excluding hydrogens is 266 g/mol. The van der Waals surface area contributed by atoms with E-state index in [-0.39, 0.29) is 18.8 Å². The van der Waals surface area contributed by atoms with Crippen LogP contribution in [0, 0.1) is 5.82 Å². The highest BCUT2D eigenvalue weighted by molar-refractivity contribution is 7.56. The van der Waals surface area contributed by atoms with Gasteiger partial charge in [-0.2, -0.15) is 0 Å². The zero-order chi connectivity index (χ0) is 12.9. The first-order chi connectivity index (χ1) is 8.05. The van der Waals surface area contributed by atoms with Gasteiger partial charge in [0.05, 0.1) is 13.2 Å². The lowest BCUT2D eigenvalue weighted by Gasteiger charge is -2.22. The molecule has 0 bridgehead atoms. The smallest absolute Gasteiger partial charge is 0.308 e. The van der Waals surface area contributed by atoms with Crippen LogP contribution in [-0.4, -0.2) is 13.2 Å². The highest BCUT2D eigenvalue weighted by Crippen LogP contribution is 2.63. The average Bonchev–Trinajstić information content (AvgIpc) is 2.29. The monoisotopic (exact) mass is 280 g/mol. The minimum Gasteiger partial charge on any atom is -0.308 e.